The quantitative estimate of drug-likeness (QED) is 0.735. The van der Waals surface area contributed by atoms with Gasteiger partial charge in [0.25, 0.3) is 0 Å². The van der Waals surface area contributed by atoms with E-state index in [4.69, 9.17) is 9.47 Å². The van der Waals surface area contributed by atoms with Crippen LogP contribution in [0.3, 0.4) is 0 Å². The minimum Gasteiger partial charge on any atom is -0.462 e. The number of anilines is 1. The van der Waals surface area contributed by atoms with E-state index in [0.717, 1.165) is 23.1 Å². The predicted molar refractivity (Wildman–Crippen MR) is 102 cm³/mol. The van der Waals surface area contributed by atoms with Crippen molar-refractivity contribution in [2.45, 2.75) is 18.9 Å². The molecule has 0 spiro atoms. The number of carbonyl (C=O) groups excluding carboxylic acids is 2. The van der Waals surface area contributed by atoms with E-state index in [2.05, 4.69) is 21.2 Å². The number of hydrogen-bond acceptors (Lipinski definition) is 4. The van der Waals surface area contributed by atoms with Gasteiger partial charge in [0.15, 0.2) is 0 Å². The Kier molecular flexibility index (Phi) is 3.97. The zero-order chi connectivity index (χ0) is 18.5. The van der Waals surface area contributed by atoms with Crippen LogP contribution in [0.15, 0.2) is 53.0 Å². The molecule has 5 rings (SSSR count). The fourth-order valence-electron chi connectivity index (χ4n) is 4.83. The van der Waals surface area contributed by atoms with Gasteiger partial charge in [-0.3, -0.25) is 9.59 Å². The molecule has 5 nitrogen and oxygen atoms in total. The van der Waals surface area contributed by atoms with Crippen LogP contribution in [0.2, 0.25) is 0 Å². The molecule has 0 unspecified atom stereocenters. The van der Waals surface area contributed by atoms with Gasteiger partial charge in [0.2, 0.25) is 5.91 Å². The first-order valence-electron chi connectivity index (χ1n) is 9.13. The predicted octanol–water partition coefficient (Wildman–Crippen LogP) is 4.38. The molecule has 138 valence electrons. The minimum atomic E-state index is -0.264. The Bertz CT molecular complexity index is 893. The number of carbonyl (C=O) groups is 2. The van der Waals surface area contributed by atoms with Crippen molar-refractivity contribution < 1.29 is 19.1 Å². The highest BCUT2D eigenvalue weighted by atomic mass is 79.9. The summed E-state index contributed by atoms with van der Waals surface area (Å²) >= 11 is 3.39. The first-order valence-corrected chi connectivity index (χ1v) is 9.92. The van der Waals surface area contributed by atoms with Crippen molar-refractivity contribution in [3.8, 4) is 11.5 Å². The standard InChI is InChI=1S/C21H18BrNO4/c22-12-1-5-14(6-2-12)26-15-7-3-13(4-8-15)23-20(24)18-11-9-16-17(10-11)27-21(25)19(16)18/h1-8,11,16-19H,9-10H2,(H,23,24)/t11-,16+,17-,18-,19+/m1/s1. The van der Waals surface area contributed by atoms with Crippen molar-refractivity contribution in [3.63, 3.8) is 0 Å². The van der Waals surface area contributed by atoms with Gasteiger partial charge in [0.1, 0.15) is 17.6 Å². The van der Waals surface area contributed by atoms with Crippen LogP contribution < -0.4 is 10.1 Å². The van der Waals surface area contributed by atoms with Crippen molar-refractivity contribution in [1.29, 1.82) is 0 Å². The Hall–Kier alpha value is -2.34. The highest BCUT2D eigenvalue weighted by Gasteiger charge is 2.63. The van der Waals surface area contributed by atoms with Crippen molar-refractivity contribution >= 4 is 33.5 Å². The van der Waals surface area contributed by atoms with E-state index in [-0.39, 0.29) is 41.7 Å². The molecular weight excluding hydrogens is 410 g/mol. The topological polar surface area (TPSA) is 64.6 Å². The average molecular weight is 428 g/mol. The molecule has 2 bridgehead atoms. The lowest BCUT2D eigenvalue weighted by molar-refractivity contribution is -0.145. The van der Waals surface area contributed by atoms with Gasteiger partial charge >= 0.3 is 5.97 Å². The van der Waals surface area contributed by atoms with Crippen molar-refractivity contribution in [2.24, 2.45) is 23.7 Å². The fourth-order valence-corrected chi connectivity index (χ4v) is 5.10. The van der Waals surface area contributed by atoms with Crippen LogP contribution in [-0.2, 0) is 14.3 Å². The SMILES string of the molecule is O=C(Nc1ccc(Oc2ccc(Br)cc2)cc1)[C@@H]1[C@@H]2C[C@@H]3[C@@H]1C(=O)O[C@@H]3C2. The summed E-state index contributed by atoms with van der Waals surface area (Å²) < 4.78 is 12.2. The van der Waals surface area contributed by atoms with Gasteiger partial charge in [-0.1, -0.05) is 15.9 Å². The third kappa shape index (κ3) is 2.92. The van der Waals surface area contributed by atoms with Gasteiger partial charge in [-0.25, -0.2) is 0 Å². The second kappa shape index (κ2) is 6.37. The van der Waals surface area contributed by atoms with Crippen molar-refractivity contribution in [1.82, 2.24) is 0 Å². The van der Waals surface area contributed by atoms with Crippen molar-refractivity contribution in [3.05, 3.63) is 53.0 Å². The van der Waals surface area contributed by atoms with Gasteiger partial charge in [-0.2, -0.15) is 0 Å². The first kappa shape index (κ1) is 16.8. The molecule has 3 aliphatic rings. The summed E-state index contributed by atoms with van der Waals surface area (Å²) in [5.41, 5.74) is 0.703. The highest BCUT2D eigenvalue weighted by Crippen LogP contribution is 2.57. The molecule has 0 radical (unpaired) electrons. The van der Waals surface area contributed by atoms with Crippen LogP contribution in [0, 0.1) is 23.7 Å². The summed E-state index contributed by atoms with van der Waals surface area (Å²) in [6.45, 7) is 0. The molecule has 1 heterocycles. The third-order valence-corrected chi connectivity index (χ3v) is 6.49. The Morgan fingerprint density at radius 2 is 1.70 bits per heavy atom. The number of nitrogens with one attached hydrogen (secondary N) is 1. The Labute approximate surface area is 165 Å². The van der Waals surface area contributed by atoms with E-state index >= 15 is 0 Å². The maximum absolute atomic E-state index is 12.8. The molecule has 5 atom stereocenters. The number of esters is 1. The van der Waals surface area contributed by atoms with Crippen LogP contribution in [0.1, 0.15) is 12.8 Å². The highest BCUT2D eigenvalue weighted by molar-refractivity contribution is 9.10. The van der Waals surface area contributed by atoms with Crippen LogP contribution >= 0.6 is 15.9 Å². The fraction of sp³-hybridized carbons (Fsp3) is 0.333. The largest absolute Gasteiger partial charge is 0.462 e. The van der Waals surface area contributed by atoms with Crippen LogP contribution in [0.4, 0.5) is 5.69 Å². The zero-order valence-corrected chi connectivity index (χ0v) is 16.0. The molecule has 3 fully saturated rings. The summed E-state index contributed by atoms with van der Waals surface area (Å²) in [5, 5.41) is 2.96. The lowest BCUT2D eigenvalue weighted by atomic mass is 9.79. The number of benzene rings is 2. The Balaban J connectivity index is 1.25. The molecule has 2 aromatic rings. The van der Waals surface area contributed by atoms with Gasteiger partial charge in [0, 0.05) is 16.1 Å². The van der Waals surface area contributed by atoms with Gasteiger partial charge < -0.3 is 14.8 Å². The maximum atomic E-state index is 12.8. The molecule has 2 aliphatic carbocycles. The maximum Gasteiger partial charge on any atom is 0.310 e. The number of amides is 1. The van der Waals surface area contributed by atoms with E-state index in [1.54, 1.807) is 0 Å². The van der Waals surface area contributed by atoms with E-state index in [1.165, 1.54) is 0 Å². The zero-order valence-electron chi connectivity index (χ0n) is 14.4. The second-order valence-electron chi connectivity index (χ2n) is 7.49. The van der Waals surface area contributed by atoms with E-state index in [0.29, 0.717) is 11.4 Å². The lowest BCUT2D eigenvalue weighted by Gasteiger charge is -2.23. The molecule has 27 heavy (non-hydrogen) atoms. The number of rotatable bonds is 4. The first-order chi connectivity index (χ1) is 13.1. The van der Waals surface area contributed by atoms with Gasteiger partial charge in [-0.05, 0) is 67.3 Å². The number of hydrogen-bond donors (Lipinski definition) is 1. The summed E-state index contributed by atoms with van der Waals surface area (Å²) in [6.07, 6.45) is 1.80. The van der Waals surface area contributed by atoms with Gasteiger partial charge in [0.05, 0.1) is 11.8 Å². The van der Waals surface area contributed by atoms with E-state index < -0.39 is 0 Å². The molecule has 1 aliphatic heterocycles. The smallest absolute Gasteiger partial charge is 0.310 e. The van der Waals surface area contributed by atoms with Crippen LogP contribution in [-0.4, -0.2) is 18.0 Å². The molecule has 6 heteroatoms. The summed E-state index contributed by atoms with van der Waals surface area (Å²) in [7, 11) is 0. The van der Waals surface area contributed by atoms with Crippen molar-refractivity contribution in [2.75, 3.05) is 5.32 Å². The van der Waals surface area contributed by atoms with E-state index in [9.17, 15) is 9.59 Å². The van der Waals surface area contributed by atoms with Crippen LogP contribution in [0.5, 0.6) is 11.5 Å². The second-order valence-corrected chi connectivity index (χ2v) is 8.41. The third-order valence-electron chi connectivity index (χ3n) is 5.96. The number of ether oxygens (including phenoxy) is 2. The number of halogens is 1. The lowest BCUT2D eigenvalue weighted by Crippen LogP contribution is -2.35. The minimum absolute atomic E-state index is 0.0478. The summed E-state index contributed by atoms with van der Waals surface area (Å²) in [4.78, 5) is 24.9. The number of fused-ring (bicyclic) bond motifs is 1. The molecule has 0 aromatic heterocycles. The van der Waals surface area contributed by atoms with E-state index in [1.807, 2.05) is 48.5 Å². The molecule has 1 N–H and O–H groups in total. The molecule has 1 saturated heterocycles. The summed E-state index contributed by atoms with van der Waals surface area (Å²) in [6, 6.07) is 14.8. The molecule has 1 amide bonds. The molecule has 2 aromatic carbocycles. The normalized spacial score (nSPS) is 30.3. The molecule has 2 saturated carbocycles. The summed E-state index contributed by atoms with van der Waals surface area (Å²) in [5.74, 6) is 1.14. The van der Waals surface area contributed by atoms with Crippen LogP contribution in [0.25, 0.3) is 0 Å². The molecular formula is C21H18BrNO4. The van der Waals surface area contributed by atoms with Gasteiger partial charge in [-0.15, -0.1) is 0 Å². The Morgan fingerprint density at radius 1 is 1.04 bits per heavy atom. The monoisotopic (exact) mass is 427 g/mol. The average Bonchev–Trinajstić information content (AvgIpc) is 3.27. The Morgan fingerprint density at radius 3 is 2.41 bits per heavy atom.